The molecule has 1 aromatic heterocycles. The molecule has 4 nitrogen and oxygen atoms in total. The maximum atomic E-state index is 12.5. The number of benzene rings is 1. The second kappa shape index (κ2) is 7.33. The van der Waals surface area contributed by atoms with E-state index < -0.39 is 11.7 Å². The molecule has 0 saturated carbocycles. The molecule has 24 heavy (non-hydrogen) atoms. The second-order valence-electron chi connectivity index (χ2n) is 5.50. The summed E-state index contributed by atoms with van der Waals surface area (Å²) in [4.78, 5) is 18.0. The van der Waals surface area contributed by atoms with Crippen LogP contribution in [0, 0.1) is 0 Å². The van der Waals surface area contributed by atoms with Gasteiger partial charge in [-0.05, 0) is 36.2 Å². The third-order valence-corrected chi connectivity index (χ3v) is 3.45. The van der Waals surface area contributed by atoms with Crippen LogP contribution in [-0.2, 0) is 12.6 Å². The van der Waals surface area contributed by atoms with Crippen LogP contribution in [0.3, 0.4) is 0 Å². The van der Waals surface area contributed by atoms with Gasteiger partial charge in [0, 0.05) is 26.8 Å². The lowest BCUT2D eigenvalue weighted by Crippen LogP contribution is -2.26. The first kappa shape index (κ1) is 17.8. The molecule has 1 amide bonds. The van der Waals surface area contributed by atoms with Gasteiger partial charge in [-0.2, -0.15) is 13.2 Å². The molecular formula is C17H18F3N3O. The Kier molecular flexibility index (Phi) is 5.43. The smallest absolute Gasteiger partial charge is 0.363 e. The summed E-state index contributed by atoms with van der Waals surface area (Å²) >= 11 is 0. The van der Waals surface area contributed by atoms with E-state index in [9.17, 15) is 18.0 Å². The van der Waals surface area contributed by atoms with Gasteiger partial charge < -0.3 is 10.2 Å². The average Bonchev–Trinajstić information content (AvgIpc) is 2.54. The molecule has 0 saturated heterocycles. The fourth-order valence-corrected chi connectivity index (χ4v) is 2.07. The zero-order valence-corrected chi connectivity index (χ0v) is 13.4. The fraction of sp³-hybridized carbons (Fsp3) is 0.294. The minimum Gasteiger partial charge on any atom is -0.363 e. The van der Waals surface area contributed by atoms with E-state index in [-0.39, 0.29) is 5.91 Å². The molecule has 128 valence electrons. The van der Waals surface area contributed by atoms with Gasteiger partial charge in [0.25, 0.3) is 5.91 Å². The van der Waals surface area contributed by atoms with Crippen LogP contribution in [0.1, 0.15) is 21.5 Å². The van der Waals surface area contributed by atoms with Gasteiger partial charge in [0.1, 0.15) is 5.82 Å². The highest BCUT2D eigenvalue weighted by Gasteiger charge is 2.29. The maximum absolute atomic E-state index is 12.5. The highest BCUT2D eigenvalue weighted by Crippen LogP contribution is 2.29. The van der Waals surface area contributed by atoms with E-state index in [1.54, 1.807) is 12.1 Å². The Labute approximate surface area is 138 Å². The molecule has 0 aliphatic rings. The molecule has 0 aliphatic carbocycles. The van der Waals surface area contributed by atoms with Gasteiger partial charge in [-0.1, -0.05) is 12.1 Å². The minimum atomic E-state index is -4.33. The van der Waals surface area contributed by atoms with Crippen LogP contribution in [0.2, 0.25) is 0 Å². The van der Waals surface area contributed by atoms with E-state index in [1.807, 2.05) is 19.0 Å². The molecule has 0 unspecified atom stereocenters. The monoisotopic (exact) mass is 337 g/mol. The fourth-order valence-electron chi connectivity index (χ4n) is 2.07. The van der Waals surface area contributed by atoms with E-state index in [0.717, 1.165) is 23.5 Å². The summed E-state index contributed by atoms with van der Waals surface area (Å²) in [7, 11) is 3.71. The number of nitrogens with one attached hydrogen (secondary N) is 1. The number of amides is 1. The lowest BCUT2D eigenvalue weighted by molar-refractivity contribution is -0.137. The molecule has 0 bridgehead atoms. The molecule has 1 aromatic carbocycles. The van der Waals surface area contributed by atoms with Crippen LogP contribution >= 0.6 is 0 Å². The quantitative estimate of drug-likeness (QED) is 0.912. The summed E-state index contributed by atoms with van der Waals surface area (Å²) in [5.74, 6) is 0.482. The Bertz CT molecular complexity index is 680. The first-order chi connectivity index (χ1) is 11.3. The number of carbonyl (C=O) groups is 1. The third-order valence-electron chi connectivity index (χ3n) is 3.45. The minimum absolute atomic E-state index is 0.264. The number of carbonyl (C=O) groups excluding carboxylic acids is 1. The summed E-state index contributed by atoms with van der Waals surface area (Å²) in [6.45, 7) is 0.333. The van der Waals surface area contributed by atoms with Crippen LogP contribution < -0.4 is 10.2 Å². The van der Waals surface area contributed by atoms with E-state index >= 15 is 0 Å². The lowest BCUT2D eigenvalue weighted by Gasteiger charge is -2.11. The Morgan fingerprint density at radius 2 is 1.79 bits per heavy atom. The van der Waals surface area contributed by atoms with Crippen molar-refractivity contribution in [3.05, 3.63) is 59.3 Å². The predicted molar refractivity (Wildman–Crippen MR) is 86.0 cm³/mol. The molecule has 1 heterocycles. The molecule has 1 N–H and O–H groups in total. The molecular weight excluding hydrogens is 319 g/mol. The molecule has 2 rings (SSSR count). The van der Waals surface area contributed by atoms with E-state index in [0.29, 0.717) is 18.5 Å². The first-order valence-electron chi connectivity index (χ1n) is 7.35. The number of hydrogen-bond donors (Lipinski definition) is 1. The van der Waals surface area contributed by atoms with Gasteiger partial charge in [-0.25, -0.2) is 4.98 Å². The Balaban J connectivity index is 1.86. The third kappa shape index (κ3) is 4.71. The summed E-state index contributed by atoms with van der Waals surface area (Å²) in [5, 5.41) is 2.73. The molecule has 0 atom stereocenters. The highest BCUT2D eigenvalue weighted by atomic mass is 19.4. The maximum Gasteiger partial charge on any atom is 0.416 e. The number of halogens is 3. The van der Waals surface area contributed by atoms with Crippen LogP contribution in [0.4, 0.5) is 19.0 Å². The van der Waals surface area contributed by atoms with Crippen molar-refractivity contribution in [1.29, 1.82) is 0 Å². The molecule has 0 spiro atoms. The van der Waals surface area contributed by atoms with Crippen molar-refractivity contribution in [3.8, 4) is 0 Å². The lowest BCUT2D eigenvalue weighted by atomic mass is 10.1. The summed E-state index contributed by atoms with van der Waals surface area (Å²) < 4.78 is 37.4. The number of rotatable bonds is 5. The zero-order chi connectivity index (χ0) is 17.7. The van der Waals surface area contributed by atoms with Crippen LogP contribution in [-0.4, -0.2) is 31.5 Å². The van der Waals surface area contributed by atoms with Crippen molar-refractivity contribution in [2.24, 2.45) is 0 Å². The zero-order valence-electron chi connectivity index (χ0n) is 13.4. The average molecular weight is 337 g/mol. The van der Waals surface area contributed by atoms with Crippen molar-refractivity contribution in [2.75, 3.05) is 25.5 Å². The van der Waals surface area contributed by atoms with Gasteiger partial charge in [0.2, 0.25) is 0 Å². The molecule has 7 heteroatoms. The van der Waals surface area contributed by atoms with Crippen LogP contribution in [0.5, 0.6) is 0 Å². The Morgan fingerprint density at radius 3 is 2.29 bits per heavy atom. The van der Waals surface area contributed by atoms with Crippen LogP contribution in [0.25, 0.3) is 0 Å². The summed E-state index contributed by atoms with van der Waals surface area (Å²) in [6.07, 6.45) is -2.39. The standard InChI is InChI=1S/C17H18F3N3O/c1-23(2)15-8-5-13(11-22-15)16(24)21-10-9-12-3-6-14(7-4-12)17(18,19)20/h3-8,11H,9-10H2,1-2H3,(H,21,24). The van der Waals surface area contributed by atoms with Crippen molar-refractivity contribution >= 4 is 11.7 Å². The Morgan fingerprint density at radius 1 is 1.12 bits per heavy atom. The van der Waals surface area contributed by atoms with E-state index in [2.05, 4.69) is 10.3 Å². The van der Waals surface area contributed by atoms with Crippen LogP contribution in [0.15, 0.2) is 42.6 Å². The van der Waals surface area contributed by atoms with Gasteiger partial charge in [-0.3, -0.25) is 4.79 Å². The number of alkyl halides is 3. The number of anilines is 1. The van der Waals surface area contributed by atoms with Gasteiger partial charge in [0.05, 0.1) is 11.1 Å². The SMILES string of the molecule is CN(C)c1ccc(C(=O)NCCc2ccc(C(F)(F)F)cc2)cn1. The second-order valence-corrected chi connectivity index (χ2v) is 5.50. The topological polar surface area (TPSA) is 45.2 Å². The van der Waals surface area contributed by atoms with E-state index in [4.69, 9.17) is 0 Å². The molecule has 0 aliphatic heterocycles. The largest absolute Gasteiger partial charge is 0.416 e. The van der Waals surface area contributed by atoms with Crippen molar-refractivity contribution in [2.45, 2.75) is 12.6 Å². The summed E-state index contributed by atoms with van der Waals surface area (Å²) in [6, 6.07) is 8.34. The first-order valence-corrected chi connectivity index (χ1v) is 7.35. The number of aromatic nitrogens is 1. The van der Waals surface area contributed by atoms with Crippen molar-refractivity contribution in [1.82, 2.24) is 10.3 Å². The molecule has 0 fully saturated rings. The van der Waals surface area contributed by atoms with Crippen molar-refractivity contribution < 1.29 is 18.0 Å². The molecule has 2 aromatic rings. The highest BCUT2D eigenvalue weighted by molar-refractivity contribution is 5.94. The number of hydrogen-bond acceptors (Lipinski definition) is 3. The van der Waals surface area contributed by atoms with E-state index in [1.165, 1.54) is 18.3 Å². The summed E-state index contributed by atoms with van der Waals surface area (Å²) in [5.41, 5.74) is 0.486. The number of nitrogens with zero attached hydrogens (tertiary/aromatic N) is 2. The number of pyridine rings is 1. The van der Waals surface area contributed by atoms with Gasteiger partial charge in [0.15, 0.2) is 0 Å². The molecule has 0 radical (unpaired) electrons. The normalized spacial score (nSPS) is 11.2. The van der Waals surface area contributed by atoms with Gasteiger partial charge >= 0.3 is 6.18 Å². The Hall–Kier alpha value is -2.57. The van der Waals surface area contributed by atoms with Gasteiger partial charge in [-0.15, -0.1) is 0 Å². The van der Waals surface area contributed by atoms with Crippen molar-refractivity contribution in [3.63, 3.8) is 0 Å². The predicted octanol–water partition coefficient (Wildman–Crippen LogP) is 3.14.